The van der Waals surface area contributed by atoms with Gasteiger partial charge in [-0.15, -0.1) is 0 Å². The molecule has 0 saturated carbocycles. The van der Waals surface area contributed by atoms with Crippen molar-refractivity contribution in [2.45, 2.75) is 268 Å². The number of ether oxygens (including phenoxy) is 6. The molecule has 15 nitrogen and oxygen atoms in total. The highest BCUT2D eigenvalue weighted by Crippen LogP contribution is 2.26. The number of carbonyl (C=O) groups is 2. The van der Waals surface area contributed by atoms with Crippen LogP contribution < -0.4 is 0 Å². The van der Waals surface area contributed by atoms with E-state index in [-0.39, 0.29) is 26.1 Å². The third-order valence-electron chi connectivity index (χ3n) is 12.5. The van der Waals surface area contributed by atoms with Crippen molar-refractivity contribution in [3.63, 3.8) is 0 Å². The third-order valence-corrected chi connectivity index (χ3v) is 12.5. The Hall–Kier alpha value is -1.76. The Bertz CT molecular complexity index is 1190. The van der Waals surface area contributed by atoms with Crippen molar-refractivity contribution < 1.29 is 73.8 Å². The standard InChI is InChI=1S/C50H92O15/c1-3-5-7-9-11-13-15-17-19-21-22-24-26-28-30-32-41(52)60-35-38(63-42(53)33-31-29-27-25-23-20-18-16-14-12-10-8-6-4-2)36-61-49-48(59)46(57)44(55)40(65-49)37-62-50-47(58)45(56)43(54)39(34-51)64-50/h21-22,38-40,43-51,54-59H,3-20,23-37H2,1-2H3/b22-21+/t38-,39-,40-,43+,44+,45?,46?,47?,48?,49-,50-/m1/s1. The lowest BCUT2D eigenvalue weighted by molar-refractivity contribution is -0.332. The van der Waals surface area contributed by atoms with Gasteiger partial charge in [-0.25, -0.2) is 0 Å². The summed E-state index contributed by atoms with van der Waals surface area (Å²) < 4.78 is 33.6. The van der Waals surface area contributed by atoms with E-state index in [1.807, 2.05) is 0 Å². The fourth-order valence-electron chi connectivity index (χ4n) is 8.21. The highest BCUT2D eigenvalue weighted by Gasteiger charge is 2.47. The summed E-state index contributed by atoms with van der Waals surface area (Å²) in [6, 6.07) is 0. The van der Waals surface area contributed by atoms with Crippen LogP contribution in [0.3, 0.4) is 0 Å². The van der Waals surface area contributed by atoms with E-state index >= 15 is 0 Å². The van der Waals surface area contributed by atoms with Crippen LogP contribution in [0.5, 0.6) is 0 Å². The van der Waals surface area contributed by atoms with E-state index in [1.54, 1.807) is 0 Å². The number of aliphatic hydroxyl groups is 7. The summed E-state index contributed by atoms with van der Waals surface area (Å²) in [4.78, 5) is 25.7. The third kappa shape index (κ3) is 26.5. The molecule has 0 amide bonds. The van der Waals surface area contributed by atoms with Gasteiger partial charge >= 0.3 is 11.9 Å². The number of hydrogen-bond donors (Lipinski definition) is 7. The monoisotopic (exact) mass is 933 g/mol. The molecule has 65 heavy (non-hydrogen) atoms. The molecule has 2 aliphatic heterocycles. The fraction of sp³-hybridized carbons (Fsp3) is 0.920. The molecule has 0 aromatic carbocycles. The average Bonchev–Trinajstić information content (AvgIpc) is 3.30. The van der Waals surface area contributed by atoms with Crippen molar-refractivity contribution in [2.24, 2.45) is 0 Å². The molecule has 2 saturated heterocycles. The van der Waals surface area contributed by atoms with E-state index in [0.29, 0.717) is 12.8 Å². The van der Waals surface area contributed by atoms with Gasteiger partial charge in [0.2, 0.25) is 0 Å². The molecule has 382 valence electrons. The zero-order chi connectivity index (χ0) is 47.5. The van der Waals surface area contributed by atoms with Crippen LogP contribution in [0.1, 0.15) is 200 Å². The molecule has 2 fully saturated rings. The van der Waals surface area contributed by atoms with Gasteiger partial charge in [0.1, 0.15) is 55.4 Å². The second kappa shape index (κ2) is 38.1. The van der Waals surface area contributed by atoms with E-state index in [1.165, 1.54) is 116 Å². The first-order valence-corrected chi connectivity index (χ1v) is 25.8. The number of unbranched alkanes of at least 4 members (excludes halogenated alkanes) is 24. The van der Waals surface area contributed by atoms with Crippen molar-refractivity contribution >= 4 is 11.9 Å². The SMILES string of the molecule is CCCCCCCCCC/C=C/CCCCCC(=O)OC[C@H](CO[C@@H]1O[C@H](CO[C@@H]2O[C@H](CO)[C@H](O)C(O)C2O)[C@H](O)C(O)C1O)OC(=O)CCCCCCCCCCCCCCCC. The molecule has 0 bridgehead atoms. The molecular weight excluding hydrogens is 841 g/mol. The normalized spacial score (nSPS) is 26.4. The van der Waals surface area contributed by atoms with Crippen molar-refractivity contribution in [2.75, 3.05) is 26.4 Å². The topological polar surface area (TPSA) is 231 Å². The summed E-state index contributed by atoms with van der Waals surface area (Å²) in [5.74, 6) is -0.934. The van der Waals surface area contributed by atoms with Gasteiger partial charge in [-0.3, -0.25) is 9.59 Å². The molecule has 0 radical (unpaired) electrons. The van der Waals surface area contributed by atoms with Crippen LogP contribution in [0, 0.1) is 0 Å². The van der Waals surface area contributed by atoms with Crippen LogP contribution in [-0.4, -0.2) is 142 Å². The van der Waals surface area contributed by atoms with E-state index in [2.05, 4.69) is 26.0 Å². The number of aliphatic hydroxyl groups excluding tert-OH is 7. The van der Waals surface area contributed by atoms with Crippen LogP contribution in [0.2, 0.25) is 0 Å². The van der Waals surface area contributed by atoms with Crippen molar-refractivity contribution in [3.05, 3.63) is 12.2 Å². The smallest absolute Gasteiger partial charge is 0.306 e. The summed E-state index contributed by atoms with van der Waals surface area (Å²) in [5, 5.41) is 72.0. The molecule has 0 aliphatic carbocycles. The van der Waals surface area contributed by atoms with E-state index < -0.39 is 92.7 Å². The van der Waals surface area contributed by atoms with Crippen LogP contribution in [0.15, 0.2) is 12.2 Å². The van der Waals surface area contributed by atoms with Gasteiger partial charge in [0, 0.05) is 12.8 Å². The maximum absolute atomic E-state index is 13.0. The lowest BCUT2D eigenvalue weighted by Gasteiger charge is -2.42. The number of carbonyl (C=O) groups excluding carboxylic acids is 2. The highest BCUT2D eigenvalue weighted by molar-refractivity contribution is 5.70. The molecule has 7 N–H and O–H groups in total. The zero-order valence-corrected chi connectivity index (χ0v) is 40.2. The molecule has 2 rings (SSSR count). The predicted molar refractivity (Wildman–Crippen MR) is 248 cm³/mol. The Morgan fingerprint density at radius 2 is 0.877 bits per heavy atom. The quantitative estimate of drug-likeness (QED) is 0.0187. The first kappa shape index (κ1) is 59.4. The lowest BCUT2D eigenvalue weighted by atomic mass is 9.98. The van der Waals surface area contributed by atoms with E-state index in [4.69, 9.17) is 28.4 Å². The summed E-state index contributed by atoms with van der Waals surface area (Å²) in [7, 11) is 0. The molecule has 2 heterocycles. The second-order valence-electron chi connectivity index (χ2n) is 18.4. The zero-order valence-electron chi connectivity index (χ0n) is 40.2. The van der Waals surface area contributed by atoms with Crippen LogP contribution in [0.4, 0.5) is 0 Å². The first-order valence-electron chi connectivity index (χ1n) is 25.8. The highest BCUT2D eigenvalue weighted by atomic mass is 16.7. The van der Waals surface area contributed by atoms with Gasteiger partial charge < -0.3 is 64.2 Å². The minimum atomic E-state index is -1.76. The Kier molecular flexibility index (Phi) is 34.8. The maximum Gasteiger partial charge on any atom is 0.306 e. The number of rotatable bonds is 40. The van der Waals surface area contributed by atoms with Crippen molar-refractivity contribution in [3.8, 4) is 0 Å². The molecule has 4 unspecified atom stereocenters. The van der Waals surface area contributed by atoms with Gasteiger partial charge in [0.15, 0.2) is 18.7 Å². The largest absolute Gasteiger partial charge is 0.462 e. The van der Waals surface area contributed by atoms with Crippen molar-refractivity contribution in [1.82, 2.24) is 0 Å². The van der Waals surface area contributed by atoms with Crippen LogP contribution >= 0.6 is 0 Å². The van der Waals surface area contributed by atoms with Crippen LogP contribution in [0.25, 0.3) is 0 Å². The molecule has 0 aromatic heterocycles. The van der Waals surface area contributed by atoms with Gasteiger partial charge in [0.25, 0.3) is 0 Å². The summed E-state index contributed by atoms with van der Waals surface area (Å²) in [6.45, 7) is 2.59. The van der Waals surface area contributed by atoms with E-state index in [9.17, 15) is 45.3 Å². The summed E-state index contributed by atoms with van der Waals surface area (Å²) >= 11 is 0. The minimum absolute atomic E-state index is 0.168. The first-order chi connectivity index (χ1) is 31.5. The maximum atomic E-state index is 13.0. The fourth-order valence-corrected chi connectivity index (χ4v) is 8.21. The molecule has 2 aliphatic rings. The molecule has 0 spiro atoms. The van der Waals surface area contributed by atoms with Gasteiger partial charge in [0.05, 0.1) is 19.8 Å². The molecule has 0 aromatic rings. The van der Waals surface area contributed by atoms with Crippen LogP contribution in [-0.2, 0) is 38.0 Å². The number of hydrogen-bond acceptors (Lipinski definition) is 15. The van der Waals surface area contributed by atoms with Gasteiger partial charge in [-0.05, 0) is 38.5 Å². The predicted octanol–water partition coefficient (Wildman–Crippen LogP) is 6.99. The molecule has 11 atom stereocenters. The average molecular weight is 933 g/mol. The molecule has 15 heteroatoms. The van der Waals surface area contributed by atoms with Gasteiger partial charge in [-0.2, -0.15) is 0 Å². The Morgan fingerprint density at radius 1 is 0.477 bits per heavy atom. The van der Waals surface area contributed by atoms with E-state index in [0.717, 1.165) is 44.9 Å². The summed E-state index contributed by atoms with van der Waals surface area (Å²) in [6.07, 6.45) is 19.5. The van der Waals surface area contributed by atoms with Crippen molar-refractivity contribution in [1.29, 1.82) is 0 Å². The Morgan fingerprint density at radius 3 is 1.37 bits per heavy atom. The second-order valence-corrected chi connectivity index (χ2v) is 18.4. The number of esters is 2. The lowest BCUT2D eigenvalue weighted by Crippen LogP contribution is -2.61. The molecular formula is C50H92O15. The Balaban J connectivity index is 1.81. The number of allylic oxidation sites excluding steroid dienone is 2. The Labute approximate surface area is 390 Å². The summed E-state index contributed by atoms with van der Waals surface area (Å²) in [5.41, 5.74) is 0. The minimum Gasteiger partial charge on any atom is -0.462 e. The van der Waals surface area contributed by atoms with Gasteiger partial charge in [-0.1, -0.05) is 161 Å².